The highest BCUT2D eigenvalue weighted by Gasteiger charge is 2.37. The molecule has 8 heteroatoms. The van der Waals surface area contributed by atoms with Crippen LogP contribution in [0.25, 0.3) is 11.3 Å². The number of ether oxygens (including phenoxy) is 3. The maximum Gasteiger partial charge on any atom is 0.247 e. The van der Waals surface area contributed by atoms with Crippen LogP contribution in [0.4, 0.5) is 5.69 Å². The van der Waals surface area contributed by atoms with Crippen LogP contribution in [0.3, 0.4) is 0 Å². The summed E-state index contributed by atoms with van der Waals surface area (Å²) < 4.78 is 18.3. The Labute approximate surface area is 156 Å². The molecule has 138 valence electrons. The first-order valence-corrected chi connectivity index (χ1v) is 9.21. The number of nitrogen functional groups attached to an aromatic ring is 1. The number of hydrogen-bond acceptors (Lipinski definition) is 7. The van der Waals surface area contributed by atoms with Gasteiger partial charge in [-0.25, -0.2) is 4.68 Å². The van der Waals surface area contributed by atoms with E-state index in [4.69, 9.17) is 19.9 Å². The molecule has 0 radical (unpaired) electrons. The number of allylic oxidation sites excluding steroid dienone is 2. The number of benzene rings is 1. The van der Waals surface area contributed by atoms with Crippen LogP contribution < -0.4 is 5.73 Å². The van der Waals surface area contributed by atoms with Gasteiger partial charge in [-0.2, -0.15) is 0 Å². The van der Waals surface area contributed by atoms with E-state index in [9.17, 15) is 0 Å². The van der Waals surface area contributed by atoms with E-state index in [1.807, 2.05) is 42.7 Å². The van der Waals surface area contributed by atoms with Gasteiger partial charge in [0, 0.05) is 30.4 Å². The third kappa shape index (κ3) is 3.11. The maximum absolute atomic E-state index is 6.13. The van der Waals surface area contributed by atoms with Crippen molar-refractivity contribution in [1.82, 2.24) is 15.0 Å². The Morgan fingerprint density at radius 3 is 2.62 bits per heavy atom. The molecule has 2 N–H and O–H groups in total. The van der Waals surface area contributed by atoms with Crippen molar-refractivity contribution in [3.63, 3.8) is 0 Å². The SMILES string of the molecule is COC1=CC(n2nncc2-c2ccc(SC)c(N)c2)C=CC1(OC)OC. The fraction of sp³-hybridized carbons (Fsp3) is 0.333. The van der Waals surface area contributed by atoms with Gasteiger partial charge in [-0.1, -0.05) is 17.4 Å². The second-order valence-electron chi connectivity index (χ2n) is 5.68. The number of anilines is 1. The third-order valence-corrected chi connectivity index (χ3v) is 5.20. The minimum atomic E-state index is -1.03. The largest absolute Gasteiger partial charge is 0.495 e. The van der Waals surface area contributed by atoms with Crippen molar-refractivity contribution in [3.05, 3.63) is 48.4 Å². The molecule has 0 bridgehead atoms. The first kappa shape index (κ1) is 18.5. The smallest absolute Gasteiger partial charge is 0.247 e. The van der Waals surface area contributed by atoms with Crippen molar-refractivity contribution in [1.29, 1.82) is 0 Å². The lowest BCUT2D eigenvalue weighted by molar-refractivity contribution is -0.167. The highest BCUT2D eigenvalue weighted by Crippen LogP contribution is 2.35. The molecule has 0 saturated heterocycles. The molecule has 1 unspecified atom stereocenters. The fourth-order valence-electron chi connectivity index (χ4n) is 2.98. The number of nitrogens with zero attached hydrogens (tertiary/aromatic N) is 3. The topological polar surface area (TPSA) is 84.4 Å². The quantitative estimate of drug-likeness (QED) is 0.360. The Balaban J connectivity index is 1.99. The van der Waals surface area contributed by atoms with Gasteiger partial charge >= 0.3 is 0 Å². The lowest BCUT2D eigenvalue weighted by atomic mass is 10.0. The molecule has 7 nitrogen and oxygen atoms in total. The van der Waals surface area contributed by atoms with E-state index in [0.717, 1.165) is 21.8 Å². The summed E-state index contributed by atoms with van der Waals surface area (Å²) in [6.07, 6.45) is 9.36. The fourth-order valence-corrected chi connectivity index (χ4v) is 3.48. The average Bonchev–Trinajstić information content (AvgIpc) is 3.17. The number of methoxy groups -OCH3 is 3. The number of nitrogens with two attached hydrogens (primary N) is 1. The second-order valence-corrected chi connectivity index (χ2v) is 6.53. The molecule has 1 aromatic carbocycles. The summed E-state index contributed by atoms with van der Waals surface area (Å²) in [5.41, 5.74) is 8.66. The van der Waals surface area contributed by atoms with Crippen molar-refractivity contribution >= 4 is 17.4 Å². The zero-order valence-corrected chi connectivity index (χ0v) is 16.0. The zero-order valence-electron chi connectivity index (χ0n) is 15.2. The van der Waals surface area contributed by atoms with Gasteiger partial charge in [-0.05, 0) is 30.5 Å². The van der Waals surface area contributed by atoms with Crippen molar-refractivity contribution < 1.29 is 14.2 Å². The summed E-state index contributed by atoms with van der Waals surface area (Å²) in [4.78, 5) is 1.04. The molecule has 1 atom stereocenters. The van der Waals surface area contributed by atoms with Crippen molar-refractivity contribution in [3.8, 4) is 11.3 Å². The van der Waals surface area contributed by atoms with E-state index in [-0.39, 0.29) is 6.04 Å². The van der Waals surface area contributed by atoms with Gasteiger partial charge < -0.3 is 19.9 Å². The van der Waals surface area contributed by atoms with E-state index in [1.165, 1.54) is 0 Å². The van der Waals surface area contributed by atoms with Gasteiger partial charge in [0.2, 0.25) is 5.79 Å². The van der Waals surface area contributed by atoms with E-state index in [1.54, 1.807) is 44.0 Å². The van der Waals surface area contributed by atoms with Crippen LogP contribution in [-0.2, 0) is 14.2 Å². The Morgan fingerprint density at radius 2 is 2.00 bits per heavy atom. The van der Waals surface area contributed by atoms with E-state index < -0.39 is 5.79 Å². The molecule has 1 aliphatic carbocycles. The van der Waals surface area contributed by atoms with Crippen LogP contribution >= 0.6 is 11.8 Å². The van der Waals surface area contributed by atoms with Crippen LogP contribution in [0.5, 0.6) is 0 Å². The highest BCUT2D eigenvalue weighted by atomic mass is 32.2. The van der Waals surface area contributed by atoms with Crippen LogP contribution in [0.1, 0.15) is 6.04 Å². The van der Waals surface area contributed by atoms with E-state index >= 15 is 0 Å². The molecule has 0 fully saturated rings. The van der Waals surface area contributed by atoms with Crippen molar-refractivity contribution in [2.24, 2.45) is 0 Å². The predicted octanol–water partition coefficient (Wildman–Crippen LogP) is 2.88. The number of hydrogen-bond donors (Lipinski definition) is 1. The minimum absolute atomic E-state index is 0.192. The zero-order chi connectivity index (χ0) is 18.7. The lowest BCUT2D eigenvalue weighted by Gasteiger charge is -2.32. The molecule has 3 rings (SSSR count). The molecule has 1 heterocycles. The molecular weight excluding hydrogens is 352 g/mol. The Kier molecular flexibility index (Phi) is 5.36. The van der Waals surface area contributed by atoms with E-state index in [2.05, 4.69) is 10.3 Å². The summed E-state index contributed by atoms with van der Waals surface area (Å²) >= 11 is 1.61. The molecule has 1 aliphatic rings. The average molecular weight is 374 g/mol. The molecule has 26 heavy (non-hydrogen) atoms. The monoisotopic (exact) mass is 374 g/mol. The standard InChI is InChI=1S/C18H22N4O3S/c1-23-17-10-13(7-8-18(17,24-2)25-3)22-15(11-20-21-22)12-5-6-16(26-4)14(19)9-12/h5-11,13H,19H2,1-4H3. The van der Waals surface area contributed by atoms with Gasteiger partial charge in [-0.15, -0.1) is 16.9 Å². The number of rotatable bonds is 6. The summed E-state index contributed by atoms with van der Waals surface area (Å²) in [5.74, 6) is -0.482. The number of thioether (sulfide) groups is 1. The normalized spacial score (nSPS) is 18.6. The molecule has 0 saturated carbocycles. The van der Waals surface area contributed by atoms with E-state index in [0.29, 0.717) is 5.76 Å². The minimum Gasteiger partial charge on any atom is -0.495 e. The second kappa shape index (κ2) is 7.53. The highest BCUT2D eigenvalue weighted by molar-refractivity contribution is 7.98. The molecule has 0 spiro atoms. The molecule has 0 amide bonds. The first-order chi connectivity index (χ1) is 12.6. The van der Waals surface area contributed by atoms with Crippen LogP contribution in [0.15, 0.2) is 53.3 Å². The molecule has 2 aromatic rings. The van der Waals surface area contributed by atoms with Gasteiger partial charge in [-0.3, -0.25) is 0 Å². The van der Waals surface area contributed by atoms with Gasteiger partial charge in [0.1, 0.15) is 0 Å². The lowest BCUT2D eigenvalue weighted by Crippen LogP contribution is -2.37. The molecular formula is C18H22N4O3S. The molecule has 0 aliphatic heterocycles. The van der Waals surface area contributed by atoms with Crippen LogP contribution in [0, 0.1) is 0 Å². The van der Waals surface area contributed by atoms with Crippen LogP contribution in [0.2, 0.25) is 0 Å². The molecule has 1 aromatic heterocycles. The van der Waals surface area contributed by atoms with Gasteiger partial charge in [0.15, 0.2) is 5.76 Å². The number of aromatic nitrogens is 3. The Hall–Kier alpha value is -2.29. The first-order valence-electron chi connectivity index (χ1n) is 7.98. The Bertz CT molecular complexity index is 843. The van der Waals surface area contributed by atoms with Crippen molar-refractivity contribution in [2.45, 2.75) is 16.7 Å². The van der Waals surface area contributed by atoms with Gasteiger partial charge in [0.25, 0.3) is 0 Å². The summed E-state index contributed by atoms with van der Waals surface area (Å²) in [6, 6.07) is 5.76. The third-order valence-electron chi connectivity index (χ3n) is 4.39. The van der Waals surface area contributed by atoms with Crippen LogP contribution in [-0.4, -0.2) is 48.4 Å². The van der Waals surface area contributed by atoms with Gasteiger partial charge in [0.05, 0.1) is 25.0 Å². The maximum atomic E-state index is 6.13. The Morgan fingerprint density at radius 1 is 1.23 bits per heavy atom. The summed E-state index contributed by atoms with van der Waals surface area (Å²) in [7, 11) is 4.72. The van der Waals surface area contributed by atoms with Crippen molar-refractivity contribution in [2.75, 3.05) is 33.3 Å². The summed E-state index contributed by atoms with van der Waals surface area (Å²) in [6.45, 7) is 0. The predicted molar refractivity (Wildman–Crippen MR) is 102 cm³/mol. The summed E-state index contributed by atoms with van der Waals surface area (Å²) in [5, 5.41) is 8.32.